The van der Waals surface area contributed by atoms with E-state index in [-0.39, 0.29) is 15.7 Å². The fourth-order valence-corrected chi connectivity index (χ4v) is 7.31. The van der Waals surface area contributed by atoms with Crippen molar-refractivity contribution in [2.75, 3.05) is 68.1 Å². The second-order valence-electron chi connectivity index (χ2n) is 13.7. The van der Waals surface area contributed by atoms with Gasteiger partial charge in [-0.2, -0.15) is 5.10 Å². The van der Waals surface area contributed by atoms with Gasteiger partial charge in [0.25, 0.3) is 5.91 Å². The van der Waals surface area contributed by atoms with E-state index in [4.69, 9.17) is 14.2 Å². The van der Waals surface area contributed by atoms with Gasteiger partial charge < -0.3 is 24.4 Å². The fourth-order valence-electron chi connectivity index (χ4n) is 6.31. The lowest BCUT2D eigenvalue weighted by molar-refractivity contribution is -0.0782. The van der Waals surface area contributed by atoms with Crippen LogP contribution >= 0.6 is 11.3 Å². The van der Waals surface area contributed by atoms with E-state index in [0.717, 1.165) is 101 Å². The number of amides is 2. The number of hydrogen-bond acceptors (Lipinski definition) is 10. The number of nitrogens with one attached hydrogen (secondary N) is 2. The zero-order valence-corrected chi connectivity index (χ0v) is 28.6. The average molecular weight is 688 g/mol. The van der Waals surface area contributed by atoms with Gasteiger partial charge in [-0.05, 0) is 52.2 Å². The van der Waals surface area contributed by atoms with Gasteiger partial charge >= 0.3 is 6.09 Å². The van der Waals surface area contributed by atoms with Crippen molar-refractivity contribution in [2.24, 2.45) is 18.9 Å². The van der Waals surface area contributed by atoms with Gasteiger partial charge in [0.05, 0.1) is 38.2 Å². The van der Waals surface area contributed by atoms with Gasteiger partial charge in [-0.3, -0.25) is 19.7 Å². The molecule has 2 N–H and O–H groups in total. The van der Waals surface area contributed by atoms with Crippen LogP contribution in [0.2, 0.25) is 0 Å². The molecule has 3 fully saturated rings. The zero-order chi connectivity index (χ0) is 34.0. The van der Waals surface area contributed by atoms with Crippen molar-refractivity contribution in [2.45, 2.75) is 51.7 Å². The molecule has 0 saturated carbocycles. The lowest BCUT2D eigenvalue weighted by Crippen LogP contribution is -2.49. The van der Waals surface area contributed by atoms with Crippen LogP contribution in [0.3, 0.4) is 0 Å². The molecule has 3 aliphatic heterocycles. The molecular weight excluding hydrogens is 644 g/mol. The summed E-state index contributed by atoms with van der Waals surface area (Å²) in [5, 5.41) is 9.79. The van der Waals surface area contributed by atoms with Crippen LogP contribution in [0.15, 0.2) is 24.4 Å². The molecule has 12 nitrogen and oxygen atoms in total. The van der Waals surface area contributed by atoms with E-state index in [9.17, 15) is 18.4 Å². The third kappa shape index (κ3) is 7.96. The molecule has 0 radical (unpaired) electrons. The Bertz CT molecular complexity index is 1580. The number of ether oxygens (including phenoxy) is 3. The maximum Gasteiger partial charge on any atom is 0.412 e. The summed E-state index contributed by atoms with van der Waals surface area (Å²) in [6.07, 6.45) is 3.72. The average Bonchev–Trinajstić information content (AvgIpc) is 3.44. The van der Waals surface area contributed by atoms with Crippen molar-refractivity contribution in [3.8, 4) is 10.6 Å². The molecule has 0 unspecified atom stereocenters. The summed E-state index contributed by atoms with van der Waals surface area (Å²) >= 11 is 0.781. The SMILES string of the molecule is Cn1ncc(NC(=O)c2nc(-c3c(F)cccc3F)sc2NC(=O)OC(C)(C)C)c1N1CCC[C@@H](N(CC2COC2)CC2COC2)CC1. The Morgan fingerprint density at radius 3 is 2.31 bits per heavy atom. The van der Waals surface area contributed by atoms with Gasteiger partial charge in [-0.25, -0.2) is 18.6 Å². The number of benzene rings is 1. The maximum atomic E-state index is 14.7. The van der Waals surface area contributed by atoms with Crippen molar-refractivity contribution in [3.63, 3.8) is 0 Å². The first kappa shape index (κ1) is 34.2. The first-order chi connectivity index (χ1) is 22.9. The van der Waals surface area contributed by atoms with E-state index in [0.29, 0.717) is 23.6 Å². The van der Waals surface area contributed by atoms with E-state index in [1.54, 1.807) is 31.6 Å². The first-order valence-corrected chi connectivity index (χ1v) is 17.2. The minimum Gasteiger partial charge on any atom is -0.444 e. The highest BCUT2D eigenvalue weighted by Crippen LogP contribution is 2.37. The third-order valence-electron chi connectivity index (χ3n) is 8.70. The second kappa shape index (κ2) is 14.4. The lowest BCUT2D eigenvalue weighted by atomic mass is 9.99. The summed E-state index contributed by atoms with van der Waals surface area (Å²) in [5.41, 5.74) is -0.947. The fraction of sp³-hybridized carbons (Fsp3) is 0.576. The number of hydrogen-bond donors (Lipinski definition) is 2. The van der Waals surface area contributed by atoms with Crippen LogP contribution in [0.4, 0.5) is 30.1 Å². The van der Waals surface area contributed by atoms with Crippen molar-refractivity contribution in [3.05, 3.63) is 41.7 Å². The Balaban J connectivity index is 1.21. The lowest BCUT2D eigenvalue weighted by Gasteiger charge is -2.40. The molecule has 6 rings (SSSR count). The Morgan fingerprint density at radius 1 is 1.04 bits per heavy atom. The number of aryl methyl sites for hydroxylation is 1. The largest absolute Gasteiger partial charge is 0.444 e. The van der Waals surface area contributed by atoms with Crippen LogP contribution in [0.5, 0.6) is 0 Å². The minimum absolute atomic E-state index is 0.00345. The molecule has 1 atom stereocenters. The van der Waals surface area contributed by atoms with Crippen LogP contribution in [0.1, 0.15) is 50.5 Å². The molecule has 3 aromatic rings. The highest BCUT2D eigenvalue weighted by molar-refractivity contribution is 7.19. The van der Waals surface area contributed by atoms with Crippen LogP contribution in [-0.2, 0) is 21.3 Å². The number of rotatable bonds is 10. The van der Waals surface area contributed by atoms with Gasteiger partial charge in [0.2, 0.25) is 0 Å². The standard InChI is InChI=1S/C33H43F2N7O5S/c1-33(2,3)47-32(44)39-30-27(38-29(48-30)26-23(34)8-5-9-24(26)35)28(43)37-25-13-36-40(4)31(25)41-11-6-7-22(10-12-41)42(14-20-16-45-17-20)15-21-18-46-19-21/h5,8-9,13,20-22H,6-7,10-12,14-19H2,1-4H3,(H,37,43)(H,39,44)/t22-/m1/s1. The van der Waals surface area contributed by atoms with Gasteiger partial charge in [-0.1, -0.05) is 17.4 Å². The predicted octanol–water partition coefficient (Wildman–Crippen LogP) is 5.37. The van der Waals surface area contributed by atoms with E-state index >= 15 is 0 Å². The van der Waals surface area contributed by atoms with Crippen molar-refractivity contribution < 1.29 is 32.6 Å². The number of aromatic nitrogens is 3. The topological polar surface area (TPSA) is 123 Å². The van der Waals surface area contributed by atoms with Crippen molar-refractivity contribution in [1.29, 1.82) is 0 Å². The third-order valence-corrected chi connectivity index (χ3v) is 9.69. The summed E-state index contributed by atoms with van der Waals surface area (Å²) in [5.74, 6) is -0.463. The van der Waals surface area contributed by atoms with Crippen LogP contribution in [-0.4, -0.2) is 95.9 Å². The number of halogens is 2. The molecule has 260 valence electrons. The van der Waals surface area contributed by atoms with E-state index < -0.39 is 34.8 Å². The molecule has 2 amide bonds. The van der Waals surface area contributed by atoms with Gasteiger partial charge in [0.1, 0.15) is 32.9 Å². The van der Waals surface area contributed by atoms with Gasteiger partial charge in [0, 0.05) is 51.1 Å². The van der Waals surface area contributed by atoms with E-state index in [1.165, 1.54) is 6.07 Å². The first-order valence-electron chi connectivity index (χ1n) is 16.4. The smallest absolute Gasteiger partial charge is 0.412 e. The molecule has 0 bridgehead atoms. The second-order valence-corrected chi connectivity index (χ2v) is 14.7. The number of anilines is 3. The van der Waals surface area contributed by atoms with Gasteiger partial charge in [0.15, 0.2) is 11.5 Å². The van der Waals surface area contributed by atoms with E-state index in [1.807, 2.05) is 7.05 Å². The maximum absolute atomic E-state index is 14.7. The van der Waals surface area contributed by atoms with Crippen LogP contribution in [0.25, 0.3) is 10.6 Å². The molecule has 3 saturated heterocycles. The monoisotopic (exact) mass is 687 g/mol. The molecule has 48 heavy (non-hydrogen) atoms. The van der Waals surface area contributed by atoms with Crippen LogP contribution < -0.4 is 15.5 Å². The predicted molar refractivity (Wildman–Crippen MR) is 179 cm³/mol. The minimum atomic E-state index is -0.839. The quantitative estimate of drug-likeness (QED) is 0.290. The molecule has 2 aromatic heterocycles. The number of nitrogens with zero attached hydrogens (tertiary/aromatic N) is 5. The number of carbonyl (C=O) groups is 2. The Labute approximate surface area is 282 Å². The normalized spacial score (nSPS) is 19.1. The highest BCUT2D eigenvalue weighted by atomic mass is 32.1. The Kier molecular flexibility index (Phi) is 10.3. The van der Waals surface area contributed by atoms with E-state index in [2.05, 4.69) is 30.5 Å². The molecule has 0 aliphatic carbocycles. The summed E-state index contributed by atoms with van der Waals surface area (Å²) in [6.45, 7) is 12.0. The molecule has 0 spiro atoms. The molecular formula is C33H43F2N7O5S. The number of thiazole rings is 1. The summed E-state index contributed by atoms with van der Waals surface area (Å²) < 4.78 is 47.5. The highest BCUT2D eigenvalue weighted by Gasteiger charge is 2.33. The van der Waals surface area contributed by atoms with Crippen molar-refractivity contribution in [1.82, 2.24) is 19.7 Å². The van der Waals surface area contributed by atoms with Gasteiger partial charge in [-0.15, -0.1) is 0 Å². The molecule has 1 aromatic carbocycles. The summed E-state index contributed by atoms with van der Waals surface area (Å²) in [7, 11) is 1.82. The van der Waals surface area contributed by atoms with Crippen LogP contribution in [0, 0.1) is 23.5 Å². The summed E-state index contributed by atoms with van der Waals surface area (Å²) in [6, 6.07) is 3.89. The Hall–Kier alpha value is -3.66. The zero-order valence-electron chi connectivity index (χ0n) is 27.8. The number of carbonyl (C=O) groups excluding carboxylic acids is 2. The molecule has 15 heteroatoms. The Morgan fingerprint density at radius 2 is 1.71 bits per heavy atom. The molecule has 5 heterocycles. The van der Waals surface area contributed by atoms with Crippen molar-refractivity contribution >= 4 is 39.8 Å². The molecule has 3 aliphatic rings. The summed E-state index contributed by atoms with van der Waals surface area (Å²) in [4.78, 5) is 35.7.